The second-order valence-electron chi connectivity index (χ2n) is 8.59. The molecular formula is C22H30ClN5O6. The number of anilines is 1. The predicted molar refractivity (Wildman–Crippen MR) is 125 cm³/mol. The van der Waals surface area contributed by atoms with E-state index < -0.39 is 48.2 Å². The number of hydrogen-bond acceptors (Lipinski definition) is 7. The number of aldehydes is 1. The number of carbonyl (C=O) groups excluding carboxylic acids is 4. The zero-order valence-electron chi connectivity index (χ0n) is 19.3. The lowest BCUT2D eigenvalue weighted by atomic mass is 9.99. The molecule has 3 amide bonds. The average molecular weight is 496 g/mol. The summed E-state index contributed by atoms with van der Waals surface area (Å²) in [6.45, 7) is 4.42. The van der Waals surface area contributed by atoms with E-state index in [1.54, 1.807) is 20.9 Å². The van der Waals surface area contributed by atoms with E-state index in [0.29, 0.717) is 18.5 Å². The van der Waals surface area contributed by atoms with Crippen LogP contribution in [-0.2, 0) is 19.2 Å². The summed E-state index contributed by atoms with van der Waals surface area (Å²) < 4.78 is 0. The minimum Gasteiger partial charge on any atom is -0.481 e. The number of carbonyl (C=O) groups is 5. The number of carboxylic acids is 1. The van der Waals surface area contributed by atoms with E-state index in [1.165, 1.54) is 23.1 Å². The fourth-order valence-corrected chi connectivity index (χ4v) is 3.77. The summed E-state index contributed by atoms with van der Waals surface area (Å²) >= 11 is 6.00. The Morgan fingerprint density at radius 2 is 1.91 bits per heavy atom. The van der Waals surface area contributed by atoms with Crippen LogP contribution in [0.15, 0.2) is 18.2 Å². The van der Waals surface area contributed by atoms with Crippen molar-refractivity contribution < 1.29 is 29.1 Å². The molecule has 1 saturated heterocycles. The molecule has 5 N–H and O–H groups in total. The van der Waals surface area contributed by atoms with Gasteiger partial charge in [-0.3, -0.25) is 19.2 Å². The number of nitrogens with one attached hydrogen (secondary N) is 2. The van der Waals surface area contributed by atoms with Gasteiger partial charge in [0.15, 0.2) is 0 Å². The molecule has 0 aromatic heterocycles. The number of nitrogens with zero attached hydrogens (tertiary/aromatic N) is 2. The lowest BCUT2D eigenvalue weighted by Crippen LogP contribution is -2.64. The van der Waals surface area contributed by atoms with Gasteiger partial charge in [0.2, 0.25) is 11.8 Å². The van der Waals surface area contributed by atoms with Crippen LogP contribution < -0.4 is 16.4 Å². The van der Waals surface area contributed by atoms with Crippen LogP contribution in [0.3, 0.4) is 0 Å². The molecule has 0 spiro atoms. The summed E-state index contributed by atoms with van der Waals surface area (Å²) in [4.78, 5) is 64.6. The van der Waals surface area contributed by atoms with E-state index in [4.69, 9.17) is 22.4 Å². The van der Waals surface area contributed by atoms with Gasteiger partial charge in [0, 0.05) is 25.2 Å². The van der Waals surface area contributed by atoms with Crippen molar-refractivity contribution >= 4 is 47.3 Å². The highest BCUT2D eigenvalue weighted by Gasteiger charge is 2.39. The summed E-state index contributed by atoms with van der Waals surface area (Å²) in [5, 5.41) is 14.2. The minimum atomic E-state index is -1.24. The second-order valence-corrected chi connectivity index (χ2v) is 9.00. The van der Waals surface area contributed by atoms with Crippen molar-refractivity contribution in [3.8, 4) is 0 Å². The van der Waals surface area contributed by atoms with Gasteiger partial charge >= 0.3 is 5.97 Å². The van der Waals surface area contributed by atoms with Crippen LogP contribution in [0.25, 0.3) is 0 Å². The van der Waals surface area contributed by atoms with Gasteiger partial charge in [0.25, 0.3) is 5.91 Å². The summed E-state index contributed by atoms with van der Waals surface area (Å²) in [6, 6.07) is 1.26. The van der Waals surface area contributed by atoms with Gasteiger partial charge in [0.05, 0.1) is 23.2 Å². The van der Waals surface area contributed by atoms with Crippen molar-refractivity contribution in [3.05, 3.63) is 28.8 Å². The van der Waals surface area contributed by atoms with E-state index in [-0.39, 0.29) is 29.6 Å². The Bertz CT molecular complexity index is 956. The molecule has 1 aliphatic heterocycles. The number of hydrogen-bond donors (Lipinski definition) is 4. The number of aliphatic carboxylic acids is 1. The molecule has 0 saturated carbocycles. The number of halogens is 1. The highest BCUT2D eigenvalue weighted by atomic mass is 35.5. The van der Waals surface area contributed by atoms with Gasteiger partial charge in [-0.1, -0.05) is 25.4 Å². The zero-order valence-corrected chi connectivity index (χ0v) is 20.0. The molecule has 0 bridgehead atoms. The van der Waals surface area contributed by atoms with Crippen LogP contribution in [0.5, 0.6) is 0 Å². The number of amides is 3. The molecule has 12 heteroatoms. The number of nitrogen functional groups attached to an aromatic ring is 1. The smallest absolute Gasteiger partial charge is 0.305 e. The van der Waals surface area contributed by atoms with Gasteiger partial charge in [0.1, 0.15) is 18.4 Å². The van der Waals surface area contributed by atoms with Crippen molar-refractivity contribution in [2.45, 2.75) is 38.4 Å². The standard InChI is InChI=1S/C22H30ClN5O6/c1-12(2)19(26-20(32)13-4-5-16(24)15(23)8-13)22(34)28-7-6-27(3)10-17(28)21(33)25-14(11-29)9-18(30)31/h4-5,8,11-12,14,17,19H,6-7,9-10,24H2,1-3H3,(H,25,33)(H,26,32)(H,30,31)/t14?,17-,19-/m0/s1. The van der Waals surface area contributed by atoms with Crippen molar-refractivity contribution in [3.63, 3.8) is 0 Å². The Labute approximate surface area is 202 Å². The second kappa shape index (κ2) is 11.8. The number of carboxylic acid groups (broad SMARTS) is 1. The van der Waals surface area contributed by atoms with Crippen molar-refractivity contribution in [2.75, 3.05) is 32.4 Å². The van der Waals surface area contributed by atoms with E-state index in [9.17, 15) is 24.0 Å². The van der Waals surface area contributed by atoms with Gasteiger partial charge in [-0.05, 0) is 31.2 Å². The number of rotatable bonds is 9. The van der Waals surface area contributed by atoms with Crippen LogP contribution >= 0.6 is 11.6 Å². The summed E-state index contributed by atoms with van der Waals surface area (Å²) in [6.07, 6.45) is -0.222. The van der Waals surface area contributed by atoms with Crippen molar-refractivity contribution in [1.82, 2.24) is 20.4 Å². The molecule has 3 atom stereocenters. The number of benzene rings is 1. The number of piperazine rings is 1. The largest absolute Gasteiger partial charge is 0.481 e. The normalized spacial score (nSPS) is 18.1. The topological polar surface area (TPSA) is 162 Å². The molecule has 1 aliphatic rings. The summed E-state index contributed by atoms with van der Waals surface area (Å²) in [5.74, 6) is -3.17. The van der Waals surface area contributed by atoms with Gasteiger partial charge < -0.3 is 36.1 Å². The average Bonchev–Trinajstić information content (AvgIpc) is 2.77. The molecule has 2 rings (SSSR count). The molecule has 1 aromatic rings. The minimum absolute atomic E-state index is 0.183. The quantitative estimate of drug-likeness (QED) is 0.274. The number of likely N-dealkylation sites (N-methyl/N-ethyl adjacent to an activating group) is 1. The Kier molecular flexibility index (Phi) is 9.39. The molecule has 1 fully saturated rings. The predicted octanol–water partition coefficient (Wildman–Crippen LogP) is -0.0224. The van der Waals surface area contributed by atoms with E-state index in [0.717, 1.165) is 0 Å². The lowest BCUT2D eigenvalue weighted by molar-refractivity contribution is -0.147. The Morgan fingerprint density at radius 1 is 1.24 bits per heavy atom. The Hall–Kier alpha value is -3.18. The molecule has 1 aromatic carbocycles. The van der Waals surface area contributed by atoms with Crippen LogP contribution in [-0.4, -0.2) is 89.7 Å². The SMILES string of the molecule is CC(C)[C@H](NC(=O)c1ccc(N)c(Cl)c1)C(=O)N1CCN(C)C[C@H]1C(=O)NC(C=O)CC(=O)O. The molecule has 0 radical (unpaired) electrons. The molecular weight excluding hydrogens is 466 g/mol. The fraction of sp³-hybridized carbons (Fsp3) is 0.500. The maximum atomic E-state index is 13.5. The lowest BCUT2D eigenvalue weighted by Gasteiger charge is -2.41. The molecule has 11 nitrogen and oxygen atoms in total. The maximum Gasteiger partial charge on any atom is 0.305 e. The van der Waals surface area contributed by atoms with Crippen LogP contribution in [0.1, 0.15) is 30.6 Å². The molecule has 1 unspecified atom stereocenters. The molecule has 34 heavy (non-hydrogen) atoms. The molecule has 186 valence electrons. The highest BCUT2D eigenvalue weighted by Crippen LogP contribution is 2.20. The third kappa shape index (κ3) is 6.91. The first-order valence-electron chi connectivity index (χ1n) is 10.8. The van der Waals surface area contributed by atoms with E-state index in [1.807, 2.05) is 4.90 Å². The number of nitrogens with two attached hydrogens (primary N) is 1. The molecule has 0 aliphatic carbocycles. The first-order valence-corrected chi connectivity index (χ1v) is 11.1. The summed E-state index contributed by atoms with van der Waals surface area (Å²) in [5.41, 5.74) is 6.24. The third-order valence-electron chi connectivity index (χ3n) is 5.54. The maximum absolute atomic E-state index is 13.5. The third-order valence-corrected chi connectivity index (χ3v) is 5.86. The zero-order chi connectivity index (χ0) is 25.6. The van der Waals surface area contributed by atoms with Crippen molar-refractivity contribution in [2.24, 2.45) is 5.92 Å². The fourth-order valence-electron chi connectivity index (χ4n) is 3.59. The van der Waals surface area contributed by atoms with Gasteiger partial charge in [-0.15, -0.1) is 0 Å². The van der Waals surface area contributed by atoms with Crippen LogP contribution in [0.4, 0.5) is 5.69 Å². The van der Waals surface area contributed by atoms with Gasteiger partial charge in [-0.25, -0.2) is 0 Å². The Balaban J connectivity index is 2.23. The first-order chi connectivity index (χ1) is 15.9. The van der Waals surface area contributed by atoms with Crippen LogP contribution in [0, 0.1) is 5.92 Å². The van der Waals surface area contributed by atoms with Crippen LogP contribution in [0.2, 0.25) is 5.02 Å². The summed E-state index contributed by atoms with van der Waals surface area (Å²) in [7, 11) is 1.78. The van der Waals surface area contributed by atoms with E-state index >= 15 is 0 Å². The monoisotopic (exact) mass is 495 g/mol. The Morgan fingerprint density at radius 3 is 2.47 bits per heavy atom. The first kappa shape index (κ1) is 27.1. The van der Waals surface area contributed by atoms with E-state index in [2.05, 4.69) is 10.6 Å². The molecule has 1 heterocycles. The van der Waals surface area contributed by atoms with Gasteiger partial charge in [-0.2, -0.15) is 0 Å². The highest BCUT2D eigenvalue weighted by molar-refractivity contribution is 6.33. The van der Waals surface area contributed by atoms with Crippen molar-refractivity contribution in [1.29, 1.82) is 0 Å².